The van der Waals surface area contributed by atoms with Gasteiger partial charge in [0.1, 0.15) is 11.5 Å². The Labute approximate surface area is 242 Å². The third-order valence-electron chi connectivity index (χ3n) is 6.60. The van der Waals surface area contributed by atoms with Crippen LogP contribution in [0.5, 0.6) is 11.5 Å². The van der Waals surface area contributed by atoms with E-state index in [2.05, 4.69) is 21.9 Å². The molecule has 14 nitrogen and oxygen atoms in total. The van der Waals surface area contributed by atoms with Crippen molar-refractivity contribution in [3.63, 3.8) is 0 Å². The molecule has 8 N–H and O–H groups in total. The molecule has 2 fully saturated rings. The molecule has 2 aliphatic rings. The van der Waals surface area contributed by atoms with Crippen LogP contribution in [0.15, 0.2) is 48.5 Å². The molecule has 0 bridgehead atoms. The van der Waals surface area contributed by atoms with Crippen LogP contribution in [0.3, 0.4) is 0 Å². The molecule has 2 aliphatic heterocycles. The molecule has 15 heteroatoms. The summed E-state index contributed by atoms with van der Waals surface area (Å²) in [5.74, 6) is 2.22. The van der Waals surface area contributed by atoms with Gasteiger partial charge in [0.15, 0.2) is 11.9 Å². The molecular formula is C26H42N8O6S. The fraction of sp³-hybridized carbons (Fsp3) is 0.462. The molecule has 0 radical (unpaired) electrons. The predicted molar refractivity (Wildman–Crippen MR) is 158 cm³/mol. The first-order valence-electron chi connectivity index (χ1n) is 13.0. The lowest BCUT2D eigenvalue weighted by molar-refractivity contribution is 0.172. The topological polar surface area (TPSA) is 206 Å². The lowest BCUT2D eigenvalue weighted by atomic mass is 10.1. The molecule has 2 aromatic rings. The lowest BCUT2D eigenvalue weighted by Gasteiger charge is -2.35. The van der Waals surface area contributed by atoms with Gasteiger partial charge in [-0.05, 0) is 12.1 Å². The number of ether oxygens (including phenoxy) is 2. The number of hydrogen-bond donors (Lipinski definition) is 6. The average Bonchev–Trinajstić information content (AvgIpc) is 2.94. The summed E-state index contributed by atoms with van der Waals surface area (Å²) in [5.41, 5.74) is 13.4. The van der Waals surface area contributed by atoms with Gasteiger partial charge in [0.05, 0.1) is 14.2 Å². The first-order chi connectivity index (χ1) is 19.4. The molecule has 0 unspecified atom stereocenters. The van der Waals surface area contributed by atoms with E-state index in [0.717, 1.165) is 76.9 Å². The van der Waals surface area contributed by atoms with Crippen LogP contribution < -0.4 is 20.9 Å². The van der Waals surface area contributed by atoms with Crippen molar-refractivity contribution in [3.05, 3.63) is 59.7 Å². The van der Waals surface area contributed by atoms with Gasteiger partial charge in [-0.25, -0.2) is 0 Å². The Morgan fingerprint density at radius 3 is 1.27 bits per heavy atom. The maximum Gasteiger partial charge on any atom is 0.394 e. The van der Waals surface area contributed by atoms with E-state index in [-0.39, 0.29) is 11.9 Å². The molecule has 41 heavy (non-hydrogen) atoms. The Bertz CT molecular complexity index is 1130. The highest BCUT2D eigenvalue weighted by Crippen LogP contribution is 2.21. The molecule has 2 heterocycles. The van der Waals surface area contributed by atoms with Crippen molar-refractivity contribution >= 4 is 22.3 Å². The van der Waals surface area contributed by atoms with E-state index in [1.807, 2.05) is 46.2 Å². The second-order valence-electron chi connectivity index (χ2n) is 9.37. The minimum Gasteiger partial charge on any atom is -0.496 e. The van der Waals surface area contributed by atoms with Gasteiger partial charge in [-0.15, -0.1) is 0 Å². The molecule has 4 rings (SSSR count). The van der Waals surface area contributed by atoms with E-state index < -0.39 is 10.4 Å². The number of rotatable bonds is 6. The molecule has 0 amide bonds. The summed E-state index contributed by atoms with van der Waals surface area (Å²) < 4.78 is 42.3. The number of hydrogen-bond acceptors (Lipinski definition) is 8. The van der Waals surface area contributed by atoms with Gasteiger partial charge in [0, 0.05) is 76.6 Å². The van der Waals surface area contributed by atoms with Crippen molar-refractivity contribution in [2.24, 2.45) is 11.5 Å². The number of para-hydroxylation sites is 2. The summed E-state index contributed by atoms with van der Waals surface area (Å²) in [6.45, 7) is 8.78. The van der Waals surface area contributed by atoms with E-state index in [4.69, 9.17) is 49.3 Å². The van der Waals surface area contributed by atoms with Crippen LogP contribution in [0.4, 0.5) is 0 Å². The van der Waals surface area contributed by atoms with Gasteiger partial charge < -0.3 is 30.7 Å². The molecule has 2 aromatic carbocycles. The number of nitrogens with zero attached hydrogens (tertiary/aromatic N) is 4. The lowest BCUT2D eigenvalue weighted by Crippen LogP contribution is -2.50. The Hall–Kier alpha value is -3.63. The molecule has 2 saturated heterocycles. The molecule has 0 aliphatic carbocycles. The van der Waals surface area contributed by atoms with Crippen molar-refractivity contribution in [1.82, 2.24) is 19.6 Å². The summed E-state index contributed by atoms with van der Waals surface area (Å²) >= 11 is 0. The van der Waals surface area contributed by atoms with Gasteiger partial charge in [-0.1, -0.05) is 36.4 Å². The smallest absolute Gasteiger partial charge is 0.394 e. The van der Waals surface area contributed by atoms with Gasteiger partial charge in [0.2, 0.25) is 0 Å². The van der Waals surface area contributed by atoms with Crippen LogP contribution in [0.2, 0.25) is 0 Å². The number of guanidine groups is 2. The Kier molecular flexibility index (Phi) is 13.6. The molecule has 0 aromatic heterocycles. The third kappa shape index (κ3) is 12.6. The first-order valence-corrected chi connectivity index (χ1v) is 14.4. The monoisotopic (exact) mass is 594 g/mol. The SMILES string of the molecule is COc1ccccc1CN1CCN(C(=N)N)CC1.COc1ccccc1CN1CCN(C(=N)N)CC1.O=S(=O)(O)O. The highest BCUT2D eigenvalue weighted by molar-refractivity contribution is 7.79. The summed E-state index contributed by atoms with van der Waals surface area (Å²) in [6, 6.07) is 16.2. The second-order valence-corrected chi connectivity index (χ2v) is 10.3. The first kappa shape index (κ1) is 33.6. The van der Waals surface area contributed by atoms with Crippen LogP contribution in [0, 0.1) is 10.8 Å². The Morgan fingerprint density at radius 1 is 0.707 bits per heavy atom. The summed E-state index contributed by atoms with van der Waals surface area (Å²) in [4.78, 5) is 8.52. The highest BCUT2D eigenvalue weighted by Gasteiger charge is 2.19. The average molecular weight is 595 g/mol. The minimum atomic E-state index is -4.67. The van der Waals surface area contributed by atoms with E-state index in [1.54, 1.807) is 14.2 Å². The Balaban J connectivity index is 0.000000247. The zero-order valence-electron chi connectivity index (χ0n) is 23.6. The van der Waals surface area contributed by atoms with E-state index >= 15 is 0 Å². The van der Waals surface area contributed by atoms with Crippen molar-refractivity contribution in [2.75, 3.05) is 66.6 Å². The van der Waals surface area contributed by atoms with E-state index in [0.29, 0.717) is 0 Å². The second kappa shape index (κ2) is 16.6. The largest absolute Gasteiger partial charge is 0.496 e. The molecule has 228 valence electrons. The quantitative estimate of drug-likeness (QED) is 0.156. The maximum atomic E-state index is 8.74. The maximum absolute atomic E-state index is 8.74. The number of benzene rings is 2. The zero-order valence-corrected chi connectivity index (χ0v) is 24.4. The van der Waals surface area contributed by atoms with Gasteiger partial charge in [0.25, 0.3) is 0 Å². The van der Waals surface area contributed by atoms with E-state index in [9.17, 15) is 0 Å². The van der Waals surface area contributed by atoms with Gasteiger partial charge in [-0.3, -0.25) is 29.7 Å². The highest BCUT2D eigenvalue weighted by atomic mass is 32.3. The summed E-state index contributed by atoms with van der Waals surface area (Å²) in [7, 11) is -1.26. The fourth-order valence-corrected chi connectivity index (χ4v) is 4.44. The molecule has 0 spiro atoms. The third-order valence-corrected chi connectivity index (χ3v) is 6.60. The number of piperazine rings is 2. The van der Waals surface area contributed by atoms with Crippen molar-refractivity contribution in [1.29, 1.82) is 10.8 Å². The van der Waals surface area contributed by atoms with Crippen molar-refractivity contribution in [3.8, 4) is 11.5 Å². The van der Waals surface area contributed by atoms with Crippen molar-refractivity contribution < 1.29 is 27.0 Å². The summed E-state index contributed by atoms with van der Waals surface area (Å²) in [5, 5.41) is 14.8. The van der Waals surface area contributed by atoms with Crippen LogP contribution in [-0.4, -0.2) is 116 Å². The van der Waals surface area contributed by atoms with Gasteiger partial charge in [-0.2, -0.15) is 8.42 Å². The number of nitrogens with one attached hydrogen (secondary N) is 2. The fourth-order valence-electron chi connectivity index (χ4n) is 4.44. The molecular weight excluding hydrogens is 552 g/mol. The number of nitrogens with two attached hydrogens (primary N) is 2. The van der Waals surface area contributed by atoms with E-state index in [1.165, 1.54) is 11.1 Å². The summed E-state index contributed by atoms with van der Waals surface area (Å²) in [6.07, 6.45) is 0. The van der Waals surface area contributed by atoms with Crippen LogP contribution in [-0.2, 0) is 23.5 Å². The zero-order chi connectivity index (χ0) is 30.4. The minimum absolute atomic E-state index is 0.173. The normalized spacial score (nSPS) is 16.0. The van der Waals surface area contributed by atoms with Crippen LogP contribution >= 0.6 is 0 Å². The Morgan fingerprint density at radius 2 is 1.00 bits per heavy atom. The standard InChI is InChI=1S/2C13H20N4O.H2O4S/c2*1-18-12-5-3-2-4-11(12)10-16-6-8-17(9-7-16)13(14)15;1-5(2,3)4/h2*2-5H,6-10H2,1H3,(H3,14,15);(H2,1,2,3,4). The molecule has 0 saturated carbocycles. The van der Waals surface area contributed by atoms with Crippen LogP contribution in [0.1, 0.15) is 11.1 Å². The van der Waals surface area contributed by atoms with Crippen molar-refractivity contribution in [2.45, 2.75) is 13.1 Å². The van der Waals surface area contributed by atoms with Crippen LogP contribution in [0.25, 0.3) is 0 Å². The predicted octanol–water partition coefficient (Wildman–Crippen LogP) is 0.760. The van der Waals surface area contributed by atoms with Gasteiger partial charge >= 0.3 is 10.4 Å². The molecule has 0 atom stereocenters. The number of methoxy groups -OCH3 is 2.